The second-order valence-electron chi connectivity index (χ2n) is 12.9. The fourth-order valence-electron chi connectivity index (χ4n) is 7.25. The van der Waals surface area contributed by atoms with Crippen molar-refractivity contribution in [2.24, 2.45) is 34.8 Å². The van der Waals surface area contributed by atoms with Crippen molar-refractivity contribution in [2.45, 2.75) is 90.1 Å². The topological polar surface area (TPSA) is 165 Å². The van der Waals surface area contributed by atoms with Gasteiger partial charge in [-0.1, -0.05) is 55.8 Å². The Morgan fingerprint density at radius 2 is 1.86 bits per heavy atom. The summed E-state index contributed by atoms with van der Waals surface area (Å²) in [5, 5.41) is 23.0. The number of amides is 1. The van der Waals surface area contributed by atoms with Crippen LogP contribution in [0, 0.1) is 29.1 Å². The number of aliphatic hydroxyl groups is 2. The predicted octanol–water partition coefficient (Wildman–Crippen LogP) is 2.75. The van der Waals surface area contributed by atoms with Crippen LogP contribution in [0.3, 0.4) is 0 Å². The summed E-state index contributed by atoms with van der Waals surface area (Å²) in [5.74, 6) is -3.63. The smallest absolute Gasteiger partial charge is 0.311 e. The number of allylic oxidation sites excluding steroid dienone is 4. The quantitative estimate of drug-likeness (QED) is 0.206. The molecule has 3 aliphatic rings. The summed E-state index contributed by atoms with van der Waals surface area (Å²) in [6, 6.07) is 8.48. The van der Waals surface area contributed by atoms with Crippen molar-refractivity contribution >= 4 is 23.4 Å². The van der Waals surface area contributed by atoms with E-state index in [9.17, 15) is 29.4 Å². The first-order valence-electron chi connectivity index (χ1n) is 15.6. The molecule has 0 aliphatic heterocycles. The Morgan fingerprint density at radius 3 is 2.55 bits per heavy atom. The number of Topliss-reactive ketones (excluding diaryl/α,β-unsaturated/α-hetero) is 1. The lowest BCUT2D eigenvalue weighted by molar-refractivity contribution is -0.166. The van der Waals surface area contributed by atoms with E-state index in [1.165, 1.54) is 0 Å². The summed E-state index contributed by atoms with van der Waals surface area (Å²) in [7, 11) is 0. The first-order chi connectivity index (χ1) is 20.8. The first kappa shape index (κ1) is 33.7. The Bertz CT molecular complexity index is 1300. The number of nitrogens with two attached hydrogens (primary N) is 1. The molecule has 9 unspecified atom stereocenters. The van der Waals surface area contributed by atoms with Crippen LogP contribution in [-0.4, -0.2) is 64.1 Å². The number of hydrogen-bond donors (Lipinski definition) is 4. The third-order valence-corrected chi connectivity index (χ3v) is 10.2. The molecule has 10 heteroatoms. The van der Waals surface area contributed by atoms with Crippen molar-refractivity contribution in [2.75, 3.05) is 6.61 Å². The molecule has 3 aliphatic carbocycles. The van der Waals surface area contributed by atoms with E-state index in [0.29, 0.717) is 32.1 Å². The van der Waals surface area contributed by atoms with E-state index in [1.54, 1.807) is 26.0 Å². The largest absolute Gasteiger partial charge is 0.457 e. The number of rotatable bonds is 12. The minimum absolute atomic E-state index is 0.0362. The molecule has 0 spiro atoms. The molecular weight excluding hydrogens is 564 g/mol. The van der Waals surface area contributed by atoms with Gasteiger partial charge in [0.15, 0.2) is 11.6 Å². The van der Waals surface area contributed by atoms with Crippen LogP contribution in [0.1, 0.15) is 65.4 Å². The highest BCUT2D eigenvalue weighted by molar-refractivity contribution is 6.01. The molecule has 0 heterocycles. The van der Waals surface area contributed by atoms with Crippen LogP contribution in [-0.2, 0) is 35.2 Å². The second-order valence-corrected chi connectivity index (χ2v) is 12.9. The van der Waals surface area contributed by atoms with Crippen LogP contribution >= 0.6 is 0 Å². The van der Waals surface area contributed by atoms with Crippen molar-refractivity contribution in [3.8, 4) is 0 Å². The van der Waals surface area contributed by atoms with Crippen LogP contribution < -0.4 is 11.2 Å². The van der Waals surface area contributed by atoms with Gasteiger partial charge in [-0.25, -0.2) is 5.48 Å². The third-order valence-electron chi connectivity index (χ3n) is 10.2. The SMILES string of the molecule is CCC1=CC(=O)C=CC1(C)C1CC2CCC(C(=O)COC(=O)C(C)C(C)ONC(=O)C(N)Cc3ccccc3)C2(O)CC1O. The number of carbonyl (C=O) groups excluding carboxylic acids is 4. The maximum atomic E-state index is 13.3. The maximum absolute atomic E-state index is 13.3. The Hall–Kier alpha value is -3.18. The number of nitrogens with one attached hydrogen (secondary N) is 1. The van der Waals surface area contributed by atoms with Gasteiger partial charge in [0.05, 0.1) is 35.7 Å². The molecule has 0 bridgehead atoms. The average molecular weight is 611 g/mol. The van der Waals surface area contributed by atoms with Crippen LogP contribution in [0.5, 0.6) is 0 Å². The fourth-order valence-corrected chi connectivity index (χ4v) is 7.25. The van der Waals surface area contributed by atoms with Gasteiger partial charge >= 0.3 is 5.97 Å². The van der Waals surface area contributed by atoms with Crippen molar-refractivity contribution in [1.29, 1.82) is 0 Å². The molecule has 2 fully saturated rings. The van der Waals surface area contributed by atoms with Gasteiger partial charge in [0.1, 0.15) is 6.61 Å². The molecule has 44 heavy (non-hydrogen) atoms. The molecule has 4 rings (SSSR count). The van der Waals surface area contributed by atoms with Crippen LogP contribution in [0.4, 0.5) is 0 Å². The number of ketones is 2. The van der Waals surface area contributed by atoms with Crippen LogP contribution in [0.25, 0.3) is 0 Å². The minimum Gasteiger partial charge on any atom is -0.457 e. The third kappa shape index (κ3) is 7.04. The normalized spacial score (nSPS) is 31.8. The molecule has 10 nitrogen and oxygen atoms in total. The average Bonchev–Trinajstić information content (AvgIpc) is 3.34. The number of fused-ring (bicyclic) bond motifs is 1. The van der Waals surface area contributed by atoms with E-state index < -0.39 is 65.4 Å². The molecule has 9 atom stereocenters. The molecule has 5 N–H and O–H groups in total. The lowest BCUT2D eigenvalue weighted by atomic mass is 9.57. The Morgan fingerprint density at radius 1 is 1.16 bits per heavy atom. The molecule has 0 radical (unpaired) electrons. The summed E-state index contributed by atoms with van der Waals surface area (Å²) in [6.45, 7) is 6.67. The standard InChI is InChI=1S/C34H46N2O8/c1-5-23-16-25(37)13-14-33(23,4)27-17-24-11-12-26(34(24,42)18-29(27)38)30(39)19-43-32(41)20(2)21(3)44-36-31(40)28(35)15-22-9-7-6-8-10-22/h6-10,13-14,16,20-21,24,26-29,38,42H,5,11-12,15,17-19,35H2,1-4H3,(H,36,40). The Kier molecular flexibility index (Phi) is 10.6. The Labute approximate surface area is 259 Å². The van der Waals surface area contributed by atoms with Gasteiger partial charge in [-0.15, -0.1) is 0 Å². The van der Waals surface area contributed by atoms with Crippen molar-refractivity contribution in [3.63, 3.8) is 0 Å². The van der Waals surface area contributed by atoms with Gasteiger partial charge in [0, 0.05) is 11.8 Å². The summed E-state index contributed by atoms with van der Waals surface area (Å²) in [5.41, 5.74) is 8.23. The summed E-state index contributed by atoms with van der Waals surface area (Å²) >= 11 is 0. The van der Waals surface area contributed by atoms with E-state index in [1.807, 2.05) is 50.3 Å². The molecular formula is C34H46N2O8. The lowest BCUT2D eigenvalue weighted by Crippen LogP contribution is -2.55. The highest BCUT2D eigenvalue weighted by Gasteiger charge is 2.59. The molecule has 0 aromatic heterocycles. The van der Waals surface area contributed by atoms with E-state index in [2.05, 4.69) is 5.48 Å². The minimum atomic E-state index is -1.40. The number of aliphatic hydroxyl groups excluding tert-OH is 1. The van der Waals surface area contributed by atoms with E-state index >= 15 is 0 Å². The van der Waals surface area contributed by atoms with Gasteiger partial charge < -0.3 is 20.7 Å². The van der Waals surface area contributed by atoms with Gasteiger partial charge in [0.2, 0.25) is 0 Å². The molecule has 1 aromatic rings. The molecule has 0 saturated heterocycles. The first-order valence-corrected chi connectivity index (χ1v) is 15.6. The van der Waals surface area contributed by atoms with Crippen molar-refractivity contribution in [1.82, 2.24) is 5.48 Å². The Balaban J connectivity index is 1.27. The second kappa shape index (κ2) is 13.9. The van der Waals surface area contributed by atoms with Crippen LogP contribution in [0.15, 0.2) is 54.1 Å². The van der Waals surface area contributed by atoms with E-state index in [0.717, 1.165) is 11.1 Å². The zero-order valence-corrected chi connectivity index (χ0v) is 26.0. The predicted molar refractivity (Wildman–Crippen MR) is 162 cm³/mol. The molecule has 240 valence electrons. The highest BCUT2D eigenvalue weighted by Crippen LogP contribution is 2.56. The van der Waals surface area contributed by atoms with Gasteiger partial charge in [-0.05, 0) is 75.5 Å². The van der Waals surface area contributed by atoms with Gasteiger partial charge in [0.25, 0.3) is 5.91 Å². The van der Waals surface area contributed by atoms with Crippen LogP contribution in [0.2, 0.25) is 0 Å². The molecule has 1 aromatic carbocycles. The maximum Gasteiger partial charge on any atom is 0.311 e. The number of esters is 1. The number of carbonyl (C=O) groups is 4. The highest BCUT2D eigenvalue weighted by atomic mass is 16.7. The number of hydroxylamine groups is 1. The number of ether oxygens (including phenoxy) is 1. The summed E-state index contributed by atoms with van der Waals surface area (Å²) < 4.78 is 5.33. The summed E-state index contributed by atoms with van der Waals surface area (Å²) in [4.78, 5) is 55.7. The van der Waals surface area contributed by atoms with Crippen molar-refractivity contribution < 1.29 is 39.0 Å². The number of benzene rings is 1. The van der Waals surface area contributed by atoms with E-state index in [4.69, 9.17) is 15.3 Å². The molecule has 1 amide bonds. The van der Waals surface area contributed by atoms with Gasteiger partial charge in [-0.2, -0.15) is 0 Å². The van der Waals surface area contributed by atoms with Crippen molar-refractivity contribution in [3.05, 3.63) is 59.7 Å². The fraction of sp³-hybridized carbons (Fsp3) is 0.588. The lowest BCUT2D eigenvalue weighted by Gasteiger charge is -2.50. The zero-order chi connectivity index (χ0) is 32.2. The molecule has 2 saturated carbocycles. The van der Waals surface area contributed by atoms with Gasteiger partial charge in [-0.3, -0.25) is 24.0 Å². The zero-order valence-electron chi connectivity index (χ0n) is 26.0. The summed E-state index contributed by atoms with van der Waals surface area (Å²) in [6.07, 6.45) is 6.02. The number of hydrogen-bond acceptors (Lipinski definition) is 9. The monoisotopic (exact) mass is 610 g/mol. The van der Waals surface area contributed by atoms with E-state index in [-0.39, 0.29) is 24.0 Å².